The highest BCUT2D eigenvalue weighted by Gasteiger charge is 2.39. The first-order valence-corrected chi connectivity index (χ1v) is 2.83. The van der Waals surface area contributed by atoms with Crippen molar-refractivity contribution in [3.05, 3.63) is 0 Å². The lowest BCUT2D eigenvalue weighted by Gasteiger charge is -2.03. The third-order valence-corrected chi connectivity index (χ3v) is 1.32. The topological polar surface area (TPSA) is 35.2 Å². The summed E-state index contributed by atoms with van der Waals surface area (Å²) in [6.45, 7) is -0.273. The largest absolute Gasteiger partial charge is 0.370 e. The summed E-state index contributed by atoms with van der Waals surface area (Å²) < 4.78 is 29.0. The Kier molecular flexibility index (Phi) is 3.48. The van der Waals surface area contributed by atoms with Gasteiger partial charge in [-0.25, -0.2) is 8.78 Å². The van der Waals surface area contributed by atoms with E-state index < -0.39 is 18.6 Å². The monoisotopic (exact) mass is 173 g/mol. The lowest BCUT2D eigenvalue weighted by atomic mass is 10.2. The molecule has 0 saturated carbocycles. The maximum absolute atomic E-state index is 12.2. The van der Waals surface area contributed by atoms with E-state index in [4.69, 9.17) is 5.73 Å². The van der Waals surface area contributed by atoms with E-state index >= 15 is 0 Å². The minimum Gasteiger partial charge on any atom is -0.370 e. The molecule has 0 aromatic carbocycles. The Hall–Kier alpha value is 0.0700. The van der Waals surface area contributed by atoms with Crippen molar-refractivity contribution in [2.24, 2.45) is 5.73 Å². The maximum atomic E-state index is 12.2. The molecular weight excluding hydrogens is 164 g/mol. The average molecular weight is 174 g/mol. The second kappa shape index (κ2) is 3.46. The first-order chi connectivity index (χ1) is 4.14. The molecule has 0 aromatic rings. The molecule has 1 saturated heterocycles. The number of alkyl halides is 2. The predicted molar refractivity (Wildman–Crippen MR) is 35.6 cm³/mol. The molecule has 1 fully saturated rings. The molecule has 0 spiro atoms. The summed E-state index contributed by atoms with van der Waals surface area (Å²) in [5.41, 5.74) is 5.10. The van der Waals surface area contributed by atoms with Gasteiger partial charge >= 0.3 is 0 Å². The summed E-state index contributed by atoms with van der Waals surface area (Å²) >= 11 is 0. The summed E-state index contributed by atoms with van der Waals surface area (Å²) in [7, 11) is 0. The van der Waals surface area contributed by atoms with Gasteiger partial charge in [-0.3, -0.25) is 0 Å². The van der Waals surface area contributed by atoms with Gasteiger partial charge in [0.1, 0.15) is 6.61 Å². The molecule has 1 aliphatic rings. The van der Waals surface area contributed by atoms with Gasteiger partial charge in [0.2, 0.25) is 0 Å². The first kappa shape index (κ1) is 10.1. The summed E-state index contributed by atoms with van der Waals surface area (Å²) in [6, 6.07) is 0. The van der Waals surface area contributed by atoms with Crippen LogP contribution in [0.4, 0.5) is 8.78 Å². The molecule has 2 N–H and O–H groups in total. The van der Waals surface area contributed by atoms with Crippen LogP contribution in [0.25, 0.3) is 0 Å². The SMILES string of the molecule is Cl.NCC1CC(F)(F)CO1. The van der Waals surface area contributed by atoms with Crippen molar-refractivity contribution >= 4 is 12.4 Å². The Labute approximate surface area is 64.1 Å². The molecule has 1 atom stereocenters. The molecule has 10 heavy (non-hydrogen) atoms. The van der Waals surface area contributed by atoms with Gasteiger partial charge < -0.3 is 10.5 Å². The molecule has 0 aromatic heterocycles. The van der Waals surface area contributed by atoms with Crippen LogP contribution >= 0.6 is 12.4 Å². The molecular formula is C5H10ClF2NO. The standard InChI is InChI=1S/C5H9F2NO.ClH/c6-5(7)1-4(2-8)9-3-5;/h4H,1-3,8H2;1H. The van der Waals surface area contributed by atoms with Crippen LogP contribution in [0.3, 0.4) is 0 Å². The van der Waals surface area contributed by atoms with Crippen LogP contribution in [0.5, 0.6) is 0 Å². The molecule has 0 bridgehead atoms. The lowest BCUT2D eigenvalue weighted by molar-refractivity contribution is -0.00972. The predicted octanol–water partition coefficient (Wildman–Crippen LogP) is 0.791. The van der Waals surface area contributed by atoms with Crippen molar-refractivity contribution in [2.75, 3.05) is 13.2 Å². The summed E-state index contributed by atoms with van der Waals surface area (Å²) in [5, 5.41) is 0. The van der Waals surface area contributed by atoms with Crippen LogP contribution in [0.2, 0.25) is 0 Å². The minimum atomic E-state index is -2.63. The van der Waals surface area contributed by atoms with Crippen molar-refractivity contribution in [2.45, 2.75) is 18.4 Å². The normalized spacial score (nSPS) is 29.7. The molecule has 1 unspecified atom stereocenters. The average Bonchev–Trinajstić information content (AvgIpc) is 2.10. The fourth-order valence-corrected chi connectivity index (χ4v) is 0.842. The number of hydrogen-bond acceptors (Lipinski definition) is 2. The molecule has 1 rings (SSSR count). The number of halogens is 3. The second-order valence-corrected chi connectivity index (χ2v) is 2.23. The minimum absolute atomic E-state index is 0. The Bertz CT molecular complexity index is 112. The van der Waals surface area contributed by atoms with Crippen molar-refractivity contribution in [3.63, 3.8) is 0 Å². The van der Waals surface area contributed by atoms with Crippen molar-refractivity contribution in [1.29, 1.82) is 0 Å². The summed E-state index contributed by atoms with van der Waals surface area (Å²) in [6.07, 6.45) is -0.649. The zero-order valence-corrected chi connectivity index (χ0v) is 6.16. The van der Waals surface area contributed by atoms with Crippen molar-refractivity contribution in [1.82, 2.24) is 0 Å². The van der Waals surface area contributed by atoms with Crippen LogP contribution in [0, 0.1) is 0 Å². The first-order valence-electron chi connectivity index (χ1n) is 2.83. The van der Waals surface area contributed by atoms with Gasteiger partial charge in [0.25, 0.3) is 5.92 Å². The highest BCUT2D eigenvalue weighted by molar-refractivity contribution is 5.85. The van der Waals surface area contributed by atoms with Gasteiger partial charge in [-0.05, 0) is 0 Å². The van der Waals surface area contributed by atoms with Gasteiger partial charge in [-0.15, -0.1) is 12.4 Å². The van der Waals surface area contributed by atoms with Crippen LogP contribution in [-0.2, 0) is 4.74 Å². The number of hydrogen-bond donors (Lipinski definition) is 1. The van der Waals surface area contributed by atoms with Crippen molar-refractivity contribution in [3.8, 4) is 0 Å². The smallest absolute Gasteiger partial charge is 0.273 e. The number of rotatable bonds is 1. The molecule has 5 heteroatoms. The maximum Gasteiger partial charge on any atom is 0.273 e. The van der Waals surface area contributed by atoms with Crippen molar-refractivity contribution < 1.29 is 13.5 Å². The van der Waals surface area contributed by atoms with E-state index in [9.17, 15) is 8.78 Å². The van der Waals surface area contributed by atoms with E-state index in [1.165, 1.54) is 0 Å². The molecule has 0 amide bonds. The van der Waals surface area contributed by atoms with Crippen LogP contribution in [0.1, 0.15) is 6.42 Å². The van der Waals surface area contributed by atoms with Crippen LogP contribution in [-0.4, -0.2) is 25.2 Å². The zero-order valence-electron chi connectivity index (χ0n) is 5.35. The van der Waals surface area contributed by atoms with Gasteiger partial charge in [0.05, 0.1) is 6.10 Å². The summed E-state index contributed by atoms with van der Waals surface area (Å²) in [5.74, 6) is -2.63. The van der Waals surface area contributed by atoms with E-state index in [0.717, 1.165) is 0 Å². The Morgan fingerprint density at radius 2 is 2.20 bits per heavy atom. The van der Waals surface area contributed by atoms with E-state index in [1.807, 2.05) is 0 Å². The van der Waals surface area contributed by atoms with Gasteiger partial charge in [0.15, 0.2) is 0 Å². The lowest BCUT2D eigenvalue weighted by Crippen LogP contribution is -2.20. The third kappa shape index (κ3) is 2.36. The quantitative estimate of drug-likeness (QED) is 0.637. The van der Waals surface area contributed by atoms with E-state index in [-0.39, 0.29) is 25.4 Å². The number of nitrogens with two attached hydrogens (primary N) is 1. The van der Waals surface area contributed by atoms with Crippen LogP contribution < -0.4 is 5.73 Å². The zero-order chi connectivity index (χ0) is 6.91. The Morgan fingerprint density at radius 3 is 2.40 bits per heavy atom. The van der Waals surface area contributed by atoms with E-state index in [0.29, 0.717) is 0 Å². The third-order valence-electron chi connectivity index (χ3n) is 1.32. The molecule has 2 nitrogen and oxygen atoms in total. The fraction of sp³-hybridized carbons (Fsp3) is 1.00. The second-order valence-electron chi connectivity index (χ2n) is 2.23. The molecule has 1 heterocycles. The molecule has 1 aliphatic heterocycles. The highest BCUT2D eigenvalue weighted by Crippen LogP contribution is 2.28. The van der Waals surface area contributed by atoms with Gasteiger partial charge in [-0.2, -0.15) is 0 Å². The molecule has 62 valence electrons. The summed E-state index contributed by atoms with van der Waals surface area (Å²) in [4.78, 5) is 0. The van der Waals surface area contributed by atoms with Gasteiger partial charge in [-0.1, -0.05) is 0 Å². The molecule has 0 radical (unpaired) electrons. The van der Waals surface area contributed by atoms with Gasteiger partial charge in [0, 0.05) is 13.0 Å². The highest BCUT2D eigenvalue weighted by atomic mass is 35.5. The Morgan fingerprint density at radius 1 is 1.60 bits per heavy atom. The molecule has 0 aliphatic carbocycles. The van der Waals surface area contributed by atoms with E-state index in [1.54, 1.807) is 0 Å². The Balaban J connectivity index is 0.000000810. The van der Waals surface area contributed by atoms with E-state index in [2.05, 4.69) is 4.74 Å². The van der Waals surface area contributed by atoms with Crippen LogP contribution in [0.15, 0.2) is 0 Å². The fourth-order valence-electron chi connectivity index (χ4n) is 0.842. The number of ether oxygens (including phenoxy) is 1.